The van der Waals surface area contributed by atoms with E-state index in [-0.39, 0.29) is 4.90 Å². The van der Waals surface area contributed by atoms with Gasteiger partial charge in [-0.15, -0.1) is 0 Å². The van der Waals surface area contributed by atoms with E-state index in [4.69, 9.17) is 0 Å². The first kappa shape index (κ1) is 34.1. The summed E-state index contributed by atoms with van der Waals surface area (Å²) in [6.07, 6.45) is 0. The van der Waals surface area contributed by atoms with Crippen LogP contribution in [0.4, 0.5) is 26.3 Å². The first-order chi connectivity index (χ1) is 19.8. The fourth-order valence-corrected chi connectivity index (χ4v) is 7.28. The van der Waals surface area contributed by atoms with Gasteiger partial charge in [-0.2, -0.15) is 34.8 Å². The summed E-state index contributed by atoms with van der Waals surface area (Å²) >= 11 is 0. The minimum atomic E-state index is -6.86. The maximum atomic E-state index is 12.2. The molecule has 0 unspecified atom stereocenters. The lowest BCUT2D eigenvalue weighted by Crippen LogP contribution is -2.56. The summed E-state index contributed by atoms with van der Waals surface area (Å²) in [5, 5.41) is -6.35. The summed E-state index contributed by atoms with van der Waals surface area (Å²) in [6.45, 7) is -0.619. The van der Waals surface area contributed by atoms with Gasteiger partial charge in [0, 0.05) is 6.92 Å². The first-order valence-corrected chi connectivity index (χ1v) is 16.0. The molecule has 230 valence electrons. The van der Waals surface area contributed by atoms with Crippen LogP contribution in [0.5, 0.6) is 0 Å². The first-order valence-electron chi connectivity index (χ1n) is 11.9. The lowest BCUT2D eigenvalue weighted by Gasteiger charge is -2.31. The van der Waals surface area contributed by atoms with Gasteiger partial charge in [0.25, 0.3) is 10.1 Å². The predicted molar refractivity (Wildman–Crippen MR) is 147 cm³/mol. The summed E-state index contributed by atoms with van der Waals surface area (Å²) in [5.74, 6) is -11.6. The molecule has 0 amide bonds. The van der Waals surface area contributed by atoms with Gasteiger partial charge < -0.3 is 4.55 Å². The number of benzene rings is 4. The molecule has 0 fully saturated rings. The molecule has 4 aromatic rings. The van der Waals surface area contributed by atoms with E-state index in [1.54, 1.807) is 6.07 Å². The third-order valence-electron chi connectivity index (χ3n) is 5.74. The minimum Gasteiger partial charge on any atom is -0.743 e. The standard InChI is InChI=1S/C24H18O3S2.C4H4F6O3S/c25-29(26,27)23-18-10-17-22(24(23)19-11-4-1-5-12-19)28(20-13-6-2-7-14-20)21-15-8-3-9-16-21;1-2(5,6)3(7,8)4(9,10)14(11,12)13/h1-18H;1H3,(H,11,12,13). The van der Waals surface area contributed by atoms with Gasteiger partial charge in [0.1, 0.15) is 4.90 Å². The Morgan fingerprint density at radius 2 is 1.07 bits per heavy atom. The highest BCUT2D eigenvalue weighted by Crippen LogP contribution is 2.47. The van der Waals surface area contributed by atoms with Gasteiger partial charge in [-0.3, -0.25) is 4.55 Å². The zero-order chi connectivity index (χ0) is 32.3. The Balaban J connectivity index is 0.000000308. The van der Waals surface area contributed by atoms with Crippen LogP contribution in [0, 0.1) is 0 Å². The van der Waals surface area contributed by atoms with Gasteiger partial charge in [-0.05, 0) is 42.0 Å². The van der Waals surface area contributed by atoms with Crippen molar-refractivity contribution in [2.45, 2.75) is 43.6 Å². The molecule has 15 heteroatoms. The topological polar surface area (TPSA) is 112 Å². The Kier molecular flexibility index (Phi) is 10.1. The van der Waals surface area contributed by atoms with Gasteiger partial charge in [0.15, 0.2) is 24.8 Å². The third kappa shape index (κ3) is 7.41. The summed E-state index contributed by atoms with van der Waals surface area (Å²) < 4.78 is 135. The van der Waals surface area contributed by atoms with E-state index in [1.807, 2.05) is 97.1 Å². The average Bonchev–Trinajstić information content (AvgIpc) is 2.93. The molecule has 0 aliphatic carbocycles. The molecule has 0 heterocycles. The van der Waals surface area contributed by atoms with E-state index in [2.05, 4.69) is 0 Å². The normalized spacial score (nSPS) is 12.9. The Morgan fingerprint density at radius 1 is 0.651 bits per heavy atom. The SMILES string of the molecule is CC(F)(F)C(F)(F)C(F)(F)S(=O)(=O)[O-].O=S(=O)(O)c1cccc([S+](c2ccccc2)c2ccccc2)c1-c1ccccc1. The van der Waals surface area contributed by atoms with E-state index in [0.29, 0.717) is 5.56 Å². The molecule has 0 aromatic heterocycles. The Bertz CT molecular complexity index is 1710. The summed E-state index contributed by atoms with van der Waals surface area (Å²) in [5.41, 5.74) is 1.28. The maximum absolute atomic E-state index is 12.2. The molecule has 0 bridgehead atoms. The van der Waals surface area contributed by atoms with Crippen LogP contribution in [-0.2, 0) is 31.1 Å². The van der Waals surface area contributed by atoms with Crippen LogP contribution in [0.2, 0.25) is 0 Å². The number of halogens is 6. The third-order valence-corrected chi connectivity index (χ3v) is 9.78. The summed E-state index contributed by atoms with van der Waals surface area (Å²) in [6, 6.07) is 34.5. The second kappa shape index (κ2) is 12.7. The fraction of sp³-hybridized carbons (Fsp3) is 0.143. The predicted octanol–water partition coefficient (Wildman–Crippen LogP) is 7.11. The monoisotopic (exact) mass is 664 g/mol. The van der Waals surface area contributed by atoms with Crippen molar-refractivity contribution >= 4 is 31.1 Å². The largest absolute Gasteiger partial charge is 0.743 e. The molecule has 4 aromatic carbocycles. The van der Waals surface area contributed by atoms with Crippen molar-refractivity contribution < 1.29 is 52.3 Å². The van der Waals surface area contributed by atoms with Crippen LogP contribution in [0.25, 0.3) is 11.1 Å². The molecule has 1 N–H and O–H groups in total. The van der Waals surface area contributed by atoms with E-state index >= 15 is 0 Å². The number of alkyl halides is 6. The highest BCUT2D eigenvalue weighted by molar-refractivity contribution is 7.97. The highest BCUT2D eigenvalue weighted by atomic mass is 32.2. The van der Waals surface area contributed by atoms with Crippen molar-refractivity contribution in [3.63, 3.8) is 0 Å². The van der Waals surface area contributed by atoms with Gasteiger partial charge >= 0.3 is 17.1 Å². The maximum Gasteiger partial charge on any atom is 0.402 e. The van der Waals surface area contributed by atoms with Crippen molar-refractivity contribution in [3.05, 3.63) is 109 Å². The van der Waals surface area contributed by atoms with Crippen LogP contribution in [0.1, 0.15) is 6.92 Å². The van der Waals surface area contributed by atoms with Crippen molar-refractivity contribution in [2.75, 3.05) is 0 Å². The van der Waals surface area contributed by atoms with Crippen LogP contribution < -0.4 is 0 Å². The fourth-order valence-electron chi connectivity index (χ4n) is 3.70. The second-order valence-corrected chi connectivity index (χ2v) is 13.6. The van der Waals surface area contributed by atoms with Crippen molar-refractivity contribution in [3.8, 4) is 11.1 Å². The second-order valence-electron chi connectivity index (χ2n) is 8.84. The molecular formula is C28H22F6O6S3. The van der Waals surface area contributed by atoms with Crippen molar-refractivity contribution in [1.29, 1.82) is 0 Å². The zero-order valence-corrected chi connectivity index (χ0v) is 24.3. The molecule has 43 heavy (non-hydrogen) atoms. The average molecular weight is 665 g/mol. The molecule has 0 saturated heterocycles. The van der Waals surface area contributed by atoms with E-state index in [9.17, 15) is 52.3 Å². The van der Waals surface area contributed by atoms with Gasteiger partial charge in [-0.25, -0.2) is 8.42 Å². The van der Waals surface area contributed by atoms with Gasteiger partial charge in [-0.1, -0.05) is 72.8 Å². The van der Waals surface area contributed by atoms with E-state index in [1.165, 1.54) is 6.07 Å². The van der Waals surface area contributed by atoms with Crippen LogP contribution in [-0.4, -0.2) is 43.0 Å². The van der Waals surface area contributed by atoms with Crippen LogP contribution in [0.15, 0.2) is 129 Å². The Hall–Kier alpha value is -3.37. The molecule has 4 rings (SSSR count). The van der Waals surface area contributed by atoms with Crippen molar-refractivity contribution in [1.82, 2.24) is 0 Å². The Labute approximate surface area is 246 Å². The van der Waals surface area contributed by atoms with Crippen LogP contribution >= 0.6 is 0 Å². The number of rotatable bonds is 8. The highest BCUT2D eigenvalue weighted by Gasteiger charge is 2.72. The lowest BCUT2D eigenvalue weighted by molar-refractivity contribution is -0.273. The molecule has 0 saturated carbocycles. The van der Waals surface area contributed by atoms with E-state index < -0.39 is 55.2 Å². The summed E-state index contributed by atoms with van der Waals surface area (Å²) in [4.78, 5) is 2.92. The lowest BCUT2D eigenvalue weighted by atomic mass is 10.1. The molecule has 6 nitrogen and oxygen atoms in total. The van der Waals surface area contributed by atoms with Crippen molar-refractivity contribution in [2.24, 2.45) is 0 Å². The van der Waals surface area contributed by atoms with E-state index in [0.717, 1.165) is 20.2 Å². The summed E-state index contributed by atoms with van der Waals surface area (Å²) in [7, 11) is -11.8. The van der Waals surface area contributed by atoms with Gasteiger partial charge in [0.2, 0.25) is 0 Å². The van der Waals surface area contributed by atoms with Gasteiger partial charge in [0.05, 0.1) is 16.5 Å². The molecule has 0 aliphatic rings. The zero-order valence-electron chi connectivity index (χ0n) is 21.9. The smallest absolute Gasteiger partial charge is 0.402 e. The minimum absolute atomic E-state index is 0.0782. The number of hydrogen-bond acceptors (Lipinski definition) is 5. The number of hydrogen-bond donors (Lipinski definition) is 1. The quantitative estimate of drug-likeness (QED) is 0.122. The molecular weight excluding hydrogens is 642 g/mol. The molecule has 0 aliphatic heterocycles. The molecule has 0 atom stereocenters. The Morgan fingerprint density at radius 3 is 1.42 bits per heavy atom. The van der Waals surface area contributed by atoms with Crippen LogP contribution in [0.3, 0.4) is 0 Å². The molecule has 0 spiro atoms. The molecule has 0 radical (unpaired) electrons.